The van der Waals surface area contributed by atoms with E-state index in [-0.39, 0.29) is 0 Å². The van der Waals surface area contributed by atoms with Gasteiger partial charge in [-0.3, -0.25) is 0 Å². The first-order chi connectivity index (χ1) is 9.60. The molecule has 0 spiro atoms. The van der Waals surface area contributed by atoms with Gasteiger partial charge >= 0.3 is 0 Å². The monoisotopic (exact) mass is 269 g/mol. The summed E-state index contributed by atoms with van der Waals surface area (Å²) < 4.78 is 5.85. The Morgan fingerprint density at radius 2 is 1.65 bits per heavy atom. The Kier molecular flexibility index (Phi) is 4.80. The quantitative estimate of drug-likeness (QED) is 0.884. The topological polar surface area (TPSA) is 35.2 Å². The summed E-state index contributed by atoms with van der Waals surface area (Å²) in [6.45, 7) is 7.73. The van der Waals surface area contributed by atoms with Gasteiger partial charge in [0.15, 0.2) is 0 Å². The van der Waals surface area contributed by atoms with Gasteiger partial charge in [0.1, 0.15) is 12.4 Å². The molecule has 0 radical (unpaired) electrons. The zero-order valence-corrected chi connectivity index (χ0v) is 12.5. The molecule has 2 aromatic carbocycles. The normalized spacial score (nSPS) is 10.8. The van der Waals surface area contributed by atoms with Crippen LogP contribution in [0.4, 0.5) is 0 Å². The van der Waals surface area contributed by atoms with E-state index >= 15 is 0 Å². The van der Waals surface area contributed by atoms with Crippen LogP contribution in [-0.2, 0) is 13.2 Å². The van der Waals surface area contributed by atoms with Gasteiger partial charge < -0.3 is 10.5 Å². The van der Waals surface area contributed by atoms with E-state index in [0.29, 0.717) is 19.1 Å². The van der Waals surface area contributed by atoms with Crippen LogP contribution in [0.25, 0.3) is 0 Å². The van der Waals surface area contributed by atoms with Gasteiger partial charge in [-0.15, -0.1) is 0 Å². The summed E-state index contributed by atoms with van der Waals surface area (Å²) >= 11 is 0. The number of nitrogens with two attached hydrogens (primary N) is 1. The lowest BCUT2D eigenvalue weighted by atomic mass is 9.98. The molecule has 2 aromatic rings. The minimum atomic E-state index is 0.549. The van der Waals surface area contributed by atoms with Crippen molar-refractivity contribution in [2.24, 2.45) is 5.73 Å². The second kappa shape index (κ2) is 6.58. The molecule has 2 N–H and O–H groups in total. The second-order valence-electron chi connectivity index (χ2n) is 5.48. The molecule has 0 fully saturated rings. The van der Waals surface area contributed by atoms with E-state index in [1.165, 1.54) is 11.1 Å². The number of hydrogen-bond acceptors (Lipinski definition) is 2. The van der Waals surface area contributed by atoms with Gasteiger partial charge in [-0.2, -0.15) is 0 Å². The molecule has 106 valence electrons. The molecule has 2 heteroatoms. The standard InChI is InChI=1S/C18H23NO/c1-13(2)18-9-8-17(10-14(18)3)20-12-16-6-4-15(11-19)5-7-16/h4-10,13H,11-12,19H2,1-3H3. The second-order valence-corrected chi connectivity index (χ2v) is 5.48. The van der Waals surface area contributed by atoms with Crippen molar-refractivity contribution in [2.75, 3.05) is 0 Å². The van der Waals surface area contributed by atoms with Gasteiger partial charge in [-0.05, 0) is 47.2 Å². The Morgan fingerprint density at radius 3 is 2.20 bits per heavy atom. The van der Waals surface area contributed by atoms with E-state index < -0.39 is 0 Å². The number of hydrogen-bond donors (Lipinski definition) is 1. The Bertz CT molecular complexity index is 558. The summed E-state index contributed by atoms with van der Waals surface area (Å²) in [7, 11) is 0. The van der Waals surface area contributed by atoms with E-state index in [0.717, 1.165) is 16.9 Å². The van der Waals surface area contributed by atoms with Crippen LogP contribution in [0.1, 0.15) is 42.0 Å². The zero-order chi connectivity index (χ0) is 14.5. The van der Waals surface area contributed by atoms with Crippen LogP contribution in [0.2, 0.25) is 0 Å². The molecule has 0 aliphatic rings. The van der Waals surface area contributed by atoms with E-state index in [2.05, 4.69) is 51.1 Å². The van der Waals surface area contributed by atoms with Crippen molar-refractivity contribution in [1.29, 1.82) is 0 Å². The highest BCUT2D eigenvalue weighted by molar-refractivity contribution is 5.36. The fourth-order valence-electron chi connectivity index (χ4n) is 2.32. The van der Waals surface area contributed by atoms with Crippen molar-refractivity contribution in [1.82, 2.24) is 0 Å². The van der Waals surface area contributed by atoms with Gasteiger partial charge in [0.25, 0.3) is 0 Å². The Hall–Kier alpha value is -1.80. The SMILES string of the molecule is Cc1cc(OCc2ccc(CN)cc2)ccc1C(C)C. The molecule has 0 aliphatic heterocycles. The average molecular weight is 269 g/mol. The van der Waals surface area contributed by atoms with Crippen LogP contribution in [0, 0.1) is 6.92 Å². The highest BCUT2D eigenvalue weighted by atomic mass is 16.5. The highest BCUT2D eigenvalue weighted by Gasteiger charge is 2.05. The summed E-state index contributed by atoms with van der Waals surface area (Å²) in [6.07, 6.45) is 0. The van der Waals surface area contributed by atoms with Gasteiger partial charge in [0, 0.05) is 6.54 Å². The first-order valence-corrected chi connectivity index (χ1v) is 7.11. The molecule has 0 unspecified atom stereocenters. The first kappa shape index (κ1) is 14.6. The van der Waals surface area contributed by atoms with Crippen LogP contribution in [0.5, 0.6) is 5.75 Å². The number of aryl methyl sites for hydroxylation is 1. The van der Waals surface area contributed by atoms with E-state index in [9.17, 15) is 0 Å². The van der Waals surface area contributed by atoms with Crippen molar-refractivity contribution < 1.29 is 4.74 Å². The molecule has 0 saturated heterocycles. The van der Waals surface area contributed by atoms with Gasteiger partial charge in [0.05, 0.1) is 0 Å². The Morgan fingerprint density at radius 1 is 1.00 bits per heavy atom. The summed E-state index contributed by atoms with van der Waals surface area (Å²) in [6, 6.07) is 14.6. The minimum Gasteiger partial charge on any atom is -0.489 e. The largest absolute Gasteiger partial charge is 0.489 e. The van der Waals surface area contributed by atoms with Crippen LogP contribution >= 0.6 is 0 Å². The molecule has 20 heavy (non-hydrogen) atoms. The summed E-state index contributed by atoms with van der Waals surface area (Å²) in [4.78, 5) is 0. The van der Waals surface area contributed by atoms with Crippen molar-refractivity contribution in [3.8, 4) is 5.75 Å². The van der Waals surface area contributed by atoms with Gasteiger partial charge in [0.2, 0.25) is 0 Å². The third kappa shape index (κ3) is 3.61. The molecule has 0 atom stereocenters. The average Bonchev–Trinajstić information content (AvgIpc) is 2.45. The van der Waals surface area contributed by atoms with Crippen LogP contribution in [-0.4, -0.2) is 0 Å². The van der Waals surface area contributed by atoms with Gasteiger partial charge in [-0.25, -0.2) is 0 Å². The zero-order valence-electron chi connectivity index (χ0n) is 12.5. The van der Waals surface area contributed by atoms with Crippen LogP contribution < -0.4 is 10.5 Å². The van der Waals surface area contributed by atoms with Crippen LogP contribution in [0.15, 0.2) is 42.5 Å². The predicted octanol–water partition coefficient (Wildman–Crippen LogP) is 4.16. The fourth-order valence-corrected chi connectivity index (χ4v) is 2.32. The number of ether oxygens (including phenoxy) is 1. The molecule has 0 aromatic heterocycles. The molecule has 0 saturated carbocycles. The maximum Gasteiger partial charge on any atom is 0.120 e. The smallest absolute Gasteiger partial charge is 0.120 e. The third-order valence-corrected chi connectivity index (χ3v) is 3.53. The van der Waals surface area contributed by atoms with Gasteiger partial charge in [-0.1, -0.05) is 44.2 Å². The Balaban J connectivity index is 2.01. The molecular formula is C18H23NO. The molecule has 2 rings (SSSR count). The fraction of sp³-hybridized carbons (Fsp3) is 0.333. The molecule has 0 heterocycles. The third-order valence-electron chi connectivity index (χ3n) is 3.53. The molecular weight excluding hydrogens is 246 g/mol. The lowest BCUT2D eigenvalue weighted by Crippen LogP contribution is -1.99. The number of rotatable bonds is 5. The predicted molar refractivity (Wildman–Crippen MR) is 83.9 cm³/mol. The summed E-state index contributed by atoms with van der Waals surface area (Å²) in [5.41, 5.74) is 10.6. The van der Waals surface area contributed by atoms with E-state index in [1.807, 2.05) is 12.1 Å². The molecule has 2 nitrogen and oxygen atoms in total. The molecule has 0 aliphatic carbocycles. The minimum absolute atomic E-state index is 0.549. The summed E-state index contributed by atoms with van der Waals surface area (Å²) in [5, 5.41) is 0. The maximum atomic E-state index is 5.85. The van der Waals surface area contributed by atoms with Crippen molar-refractivity contribution in [3.63, 3.8) is 0 Å². The van der Waals surface area contributed by atoms with Crippen molar-refractivity contribution in [3.05, 3.63) is 64.7 Å². The lowest BCUT2D eigenvalue weighted by Gasteiger charge is -2.12. The first-order valence-electron chi connectivity index (χ1n) is 7.11. The van der Waals surface area contributed by atoms with Crippen LogP contribution in [0.3, 0.4) is 0 Å². The van der Waals surface area contributed by atoms with E-state index in [4.69, 9.17) is 10.5 Å². The van der Waals surface area contributed by atoms with Crippen molar-refractivity contribution in [2.45, 2.75) is 39.8 Å². The number of benzene rings is 2. The summed E-state index contributed by atoms with van der Waals surface area (Å²) in [5.74, 6) is 1.47. The molecule has 0 bridgehead atoms. The van der Waals surface area contributed by atoms with E-state index in [1.54, 1.807) is 0 Å². The van der Waals surface area contributed by atoms with Crippen molar-refractivity contribution >= 4 is 0 Å². The highest BCUT2D eigenvalue weighted by Crippen LogP contribution is 2.24. The molecule has 0 amide bonds. The Labute approximate surface area is 121 Å². The maximum absolute atomic E-state index is 5.85. The lowest BCUT2D eigenvalue weighted by molar-refractivity contribution is 0.306.